The third-order valence-corrected chi connectivity index (χ3v) is 2.68. The number of halogens is 1. The monoisotopic (exact) mass is 291 g/mol. The van der Waals surface area contributed by atoms with Gasteiger partial charge in [-0.25, -0.2) is 14.1 Å². The number of carbonyl (C=O) groups excluding carboxylic acids is 2. The van der Waals surface area contributed by atoms with Gasteiger partial charge in [0.05, 0.1) is 6.42 Å². The molecule has 0 atom stereocenters. The van der Waals surface area contributed by atoms with Gasteiger partial charge in [-0.1, -0.05) is 18.2 Å². The van der Waals surface area contributed by atoms with Crippen molar-refractivity contribution in [1.29, 1.82) is 0 Å². The molecule has 1 aromatic carbocycles. The molecule has 0 aliphatic heterocycles. The van der Waals surface area contributed by atoms with Crippen molar-refractivity contribution in [2.24, 2.45) is 0 Å². The molecule has 0 bridgehead atoms. The lowest BCUT2D eigenvalue weighted by Crippen LogP contribution is -2.23. The zero-order valence-corrected chi connectivity index (χ0v) is 11.3. The van der Waals surface area contributed by atoms with Gasteiger partial charge >= 0.3 is 0 Å². The molecule has 21 heavy (non-hydrogen) atoms. The van der Waals surface area contributed by atoms with E-state index in [-0.39, 0.29) is 24.8 Å². The van der Waals surface area contributed by atoms with Gasteiger partial charge in [-0.05, 0) is 11.6 Å². The Labute approximate surface area is 120 Å². The van der Waals surface area contributed by atoms with Crippen LogP contribution in [0, 0.1) is 5.82 Å². The number of nitrogens with zero attached hydrogens (tertiary/aromatic N) is 3. The van der Waals surface area contributed by atoms with Crippen LogP contribution in [0.2, 0.25) is 0 Å². The van der Waals surface area contributed by atoms with E-state index < -0.39 is 11.7 Å². The number of likely N-dealkylation sites (N-methyl/N-ethyl adjacent to an activating group) is 1. The summed E-state index contributed by atoms with van der Waals surface area (Å²) in [6.45, 7) is 0.00663. The molecule has 110 valence electrons. The third kappa shape index (κ3) is 4.10. The number of nitrogens with one attached hydrogen (secondary N) is 2. The summed E-state index contributed by atoms with van der Waals surface area (Å²) >= 11 is 0. The Morgan fingerprint density at radius 3 is 2.76 bits per heavy atom. The van der Waals surface area contributed by atoms with Crippen molar-refractivity contribution in [3.8, 4) is 0 Å². The second-order valence-electron chi connectivity index (χ2n) is 4.26. The minimum absolute atomic E-state index is 0.00663. The Hall–Kier alpha value is -2.77. The van der Waals surface area contributed by atoms with E-state index in [4.69, 9.17) is 0 Å². The maximum absolute atomic E-state index is 13.4. The number of benzene rings is 1. The molecular formula is C13H14FN5O2. The van der Waals surface area contributed by atoms with Crippen LogP contribution < -0.4 is 10.6 Å². The summed E-state index contributed by atoms with van der Waals surface area (Å²) in [6.07, 6.45) is 1.21. The number of aromatic nitrogens is 3. The van der Waals surface area contributed by atoms with E-state index in [0.717, 1.165) is 0 Å². The molecule has 0 aliphatic rings. The predicted octanol–water partition coefficient (Wildman–Crippen LogP) is 0.344. The highest BCUT2D eigenvalue weighted by Gasteiger charge is 2.11. The van der Waals surface area contributed by atoms with Gasteiger partial charge in [0.1, 0.15) is 18.7 Å². The summed E-state index contributed by atoms with van der Waals surface area (Å²) in [5, 5.41) is 8.82. The molecule has 0 spiro atoms. The Bertz CT molecular complexity index is 656. The molecule has 0 radical (unpaired) electrons. The zero-order chi connectivity index (χ0) is 15.2. The Morgan fingerprint density at radius 2 is 2.05 bits per heavy atom. The molecule has 2 rings (SSSR count). The summed E-state index contributed by atoms with van der Waals surface area (Å²) in [6, 6.07) is 6.03. The molecule has 0 fully saturated rings. The topological polar surface area (TPSA) is 88.9 Å². The van der Waals surface area contributed by atoms with E-state index in [2.05, 4.69) is 20.7 Å². The first-order valence-corrected chi connectivity index (χ1v) is 6.22. The van der Waals surface area contributed by atoms with Gasteiger partial charge in [-0.3, -0.25) is 14.9 Å². The number of carbonyl (C=O) groups is 2. The van der Waals surface area contributed by atoms with Crippen molar-refractivity contribution in [3.05, 3.63) is 42.0 Å². The van der Waals surface area contributed by atoms with E-state index in [1.54, 1.807) is 12.1 Å². The van der Waals surface area contributed by atoms with Crippen molar-refractivity contribution in [2.75, 3.05) is 12.4 Å². The minimum atomic E-state index is -0.439. The van der Waals surface area contributed by atoms with Gasteiger partial charge < -0.3 is 5.32 Å². The Morgan fingerprint density at radius 1 is 1.29 bits per heavy atom. The zero-order valence-electron chi connectivity index (χ0n) is 11.3. The molecule has 7 nitrogen and oxygen atoms in total. The van der Waals surface area contributed by atoms with Gasteiger partial charge in [0.2, 0.25) is 17.8 Å². The van der Waals surface area contributed by atoms with Crippen molar-refractivity contribution >= 4 is 17.8 Å². The highest BCUT2D eigenvalue weighted by Crippen LogP contribution is 2.08. The van der Waals surface area contributed by atoms with E-state index >= 15 is 0 Å². The van der Waals surface area contributed by atoms with Crippen LogP contribution in [0.5, 0.6) is 0 Å². The molecule has 2 N–H and O–H groups in total. The normalized spacial score (nSPS) is 10.2. The second-order valence-corrected chi connectivity index (χ2v) is 4.26. The van der Waals surface area contributed by atoms with Gasteiger partial charge in [0.25, 0.3) is 0 Å². The van der Waals surface area contributed by atoms with E-state index in [1.807, 2.05) is 0 Å². The largest absolute Gasteiger partial charge is 0.358 e. The fourth-order valence-corrected chi connectivity index (χ4v) is 1.64. The molecule has 1 aromatic heterocycles. The highest BCUT2D eigenvalue weighted by molar-refractivity contribution is 5.90. The van der Waals surface area contributed by atoms with Crippen LogP contribution >= 0.6 is 0 Å². The van der Waals surface area contributed by atoms with Crippen LogP contribution in [0.3, 0.4) is 0 Å². The first-order chi connectivity index (χ1) is 10.1. The first kappa shape index (κ1) is 14.6. The van der Waals surface area contributed by atoms with Crippen LogP contribution in [0.15, 0.2) is 30.6 Å². The third-order valence-electron chi connectivity index (χ3n) is 2.68. The van der Waals surface area contributed by atoms with Crippen molar-refractivity contribution in [1.82, 2.24) is 20.1 Å². The van der Waals surface area contributed by atoms with E-state index in [9.17, 15) is 14.0 Å². The van der Waals surface area contributed by atoms with Crippen LogP contribution in [-0.4, -0.2) is 33.6 Å². The summed E-state index contributed by atoms with van der Waals surface area (Å²) in [4.78, 5) is 26.8. The smallest absolute Gasteiger partial charge is 0.248 e. The summed E-state index contributed by atoms with van der Waals surface area (Å²) in [5.74, 6) is -1.03. The molecular weight excluding hydrogens is 277 g/mol. The van der Waals surface area contributed by atoms with Crippen molar-refractivity contribution in [3.63, 3.8) is 0 Å². The summed E-state index contributed by atoms with van der Waals surface area (Å²) < 4.78 is 14.7. The maximum atomic E-state index is 13.4. The standard InChI is InChI=1S/C13H14FN5O2/c1-15-12(21)7-19-8-16-13(18-19)17-11(20)6-9-4-2-3-5-10(9)14/h2-5,8H,6-7H2,1H3,(H,15,21)(H,17,18,20). The number of anilines is 1. The van der Waals surface area contributed by atoms with E-state index in [0.29, 0.717) is 5.56 Å². The molecule has 2 aromatic rings. The summed E-state index contributed by atoms with van der Waals surface area (Å²) in [5.41, 5.74) is 0.291. The van der Waals surface area contributed by atoms with Gasteiger partial charge in [-0.2, -0.15) is 0 Å². The average Bonchev–Trinajstić information content (AvgIpc) is 2.88. The fourth-order valence-electron chi connectivity index (χ4n) is 1.64. The first-order valence-electron chi connectivity index (χ1n) is 6.22. The van der Waals surface area contributed by atoms with Crippen LogP contribution in [-0.2, 0) is 22.6 Å². The molecule has 0 aliphatic carbocycles. The quantitative estimate of drug-likeness (QED) is 0.831. The molecule has 0 saturated carbocycles. The van der Waals surface area contributed by atoms with Crippen LogP contribution in [0.25, 0.3) is 0 Å². The van der Waals surface area contributed by atoms with Gasteiger partial charge in [0.15, 0.2) is 0 Å². The maximum Gasteiger partial charge on any atom is 0.248 e. The van der Waals surface area contributed by atoms with Gasteiger partial charge in [0, 0.05) is 7.05 Å². The second kappa shape index (κ2) is 6.60. The highest BCUT2D eigenvalue weighted by atomic mass is 19.1. The predicted molar refractivity (Wildman–Crippen MR) is 72.8 cm³/mol. The Kier molecular flexibility index (Phi) is 4.60. The Balaban J connectivity index is 1.94. The van der Waals surface area contributed by atoms with Crippen LogP contribution in [0.4, 0.5) is 10.3 Å². The molecule has 2 amide bonds. The van der Waals surface area contributed by atoms with Crippen molar-refractivity contribution < 1.29 is 14.0 Å². The van der Waals surface area contributed by atoms with Crippen molar-refractivity contribution in [2.45, 2.75) is 13.0 Å². The van der Waals surface area contributed by atoms with Gasteiger partial charge in [-0.15, -0.1) is 5.10 Å². The lowest BCUT2D eigenvalue weighted by molar-refractivity contribution is -0.121. The fraction of sp³-hybridized carbons (Fsp3) is 0.231. The minimum Gasteiger partial charge on any atom is -0.358 e. The molecule has 8 heteroatoms. The SMILES string of the molecule is CNC(=O)Cn1cnc(NC(=O)Cc2ccccc2F)n1. The number of amides is 2. The number of rotatable bonds is 5. The number of hydrogen-bond acceptors (Lipinski definition) is 4. The van der Waals surface area contributed by atoms with E-state index in [1.165, 1.54) is 30.2 Å². The molecule has 1 heterocycles. The average molecular weight is 291 g/mol. The summed E-state index contributed by atoms with van der Waals surface area (Å²) in [7, 11) is 1.51. The van der Waals surface area contributed by atoms with Crippen LogP contribution in [0.1, 0.15) is 5.56 Å². The lowest BCUT2D eigenvalue weighted by atomic mass is 10.1. The molecule has 0 unspecified atom stereocenters. The number of hydrogen-bond donors (Lipinski definition) is 2. The lowest BCUT2D eigenvalue weighted by Gasteiger charge is -2.02. The molecule has 0 saturated heterocycles.